The van der Waals surface area contributed by atoms with E-state index in [4.69, 9.17) is 37.9 Å². The van der Waals surface area contributed by atoms with Crippen molar-refractivity contribution in [2.45, 2.75) is 0 Å². The van der Waals surface area contributed by atoms with Crippen molar-refractivity contribution < 1.29 is 42.7 Å². The molecule has 0 bridgehead atoms. The maximum absolute atomic E-state index is 11.1. The van der Waals surface area contributed by atoms with Gasteiger partial charge in [-0.25, -0.2) is 0 Å². The van der Waals surface area contributed by atoms with Crippen molar-refractivity contribution in [2.75, 3.05) is 112 Å². The van der Waals surface area contributed by atoms with Crippen LogP contribution in [0.25, 0.3) is 0 Å². The number of rotatable bonds is 23. The van der Waals surface area contributed by atoms with Crippen molar-refractivity contribution in [2.24, 2.45) is 0 Å². The molecule has 0 rings (SSSR count). The second-order valence-electron chi connectivity index (χ2n) is 5.32. The summed E-state index contributed by atoms with van der Waals surface area (Å²) in [5, 5.41) is 0. The minimum atomic E-state index is -0.218. The van der Waals surface area contributed by atoms with Crippen LogP contribution in [-0.2, 0) is 42.7 Å². The average molecular weight is 429 g/mol. The molecule has 0 aliphatic carbocycles. The van der Waals surface area contributed by atoms with E-state index in [1.807, 2.05) is 6.26 Å². The molecule has 0 saturated heterocycles. The first-order chi connectivity index (χ1) is 13.8. The third-order valence-electron chi connectivity index (χ3n) is 3.04. The van der Waals surface area contributed by atoms with E-state index < -0.39 is 0 Å². The number of hydrogen-bond donors (Lipinski definition) is 0. The summed E-state index contributed by atoms with van der Waals surface area (Å²) >= 11 is 1.43. The molecule has 0 unspecified atom stereocenters. The fourth-order valence-corrected chi connectivity index (χ4v) is 2.04. The minimum Gasteiger partial charge on any atom is -0.463 e. The summed E-state index contributed by atoms with van der Waals surface area (Å²) in [5.41, 5.74) is 0. The van der Waals surface area contributed by atoms with Gasteiger partial charge in [0, 0.05) is 7.11 Å². The number of ether oxygens (including phenoxy) is 8. The van der Waals surface area contributed by atoms with Crippen molar-refractivity contribution in [3.63, 3.8) is 0 Å². The summed E-state index contributed by atoms with van der Waals surface area (Å²) in [6.45, 7) is 6.98. The summed E-state index contributed by atoms with van der Waals surface area (Å²) in [4.78, 5) is 11.1. The monoisotopic (exact) mass is 428 g/mol. The van der Waals surface area contributed by atoms with E-state index in [0.717, 1.165) is 0 Å². The molecule has 0 aromatic carbocycles. The number of esters is 1. The molecule has 28 heavy (non-hydrogen) atoms. The Morgan fingerprint density at radius 2 is 0.893 bits per heavy atom. The number of hydrogen-bond acceptors (Lipinski definition) is 10. The zero-order valence-corrected chi connectivity index (χ0v) is 18.0. The molecule has 0 atom stereocenters. The molecule has 0 spiro atoms. The Morgan fingerprint density at radius 3 is 1.21 bits per heavy atom. The summed E-state index contributed by atoms with van der Waals surface area (Å²) < 4.78 is 41.9. The van der Waals surface area contributed by atoms with Gasteiger partial charge < -0.3 is 37.9 Å². The van der Waals surface area contributed by atoms with Crippen LogP contribution in [0.15, 0.2) is 0 Å². The van der Waals surface area contributed by atoms with Gasteiger partial charge in [0.15, 0.2) is 0 Å². The Labute approximate surface area is 172 Å². The molecule has 0 heterocycles. The Morgan fingerprint density at radius 1 is 0.571 bits per heavy atom. The molecule has 0 aliphatic rings. The maximum atomic E-state index is 11.1. The maximum Gasteiger partial charge on any atom is 0.315 e. The fourth-order valence-electron chi connectivity index (χ4n) is 1.72. The number of carbonyl (C=O) groups excluding carboxylic acids is 1. The standard InChI is InChI=1S/C18H36O9S/c1-20-3-4-21-5-6-22-7-8-23-9-10-24-11-12-25-13-14-26-15-16-27-18(19)17-28-2/h3-17H2,1-2H3. The van der Waals surface area contributed by atoms with Crippen LogP contribution in [0.1, 0.15) is 0 Å². The Kier molecular flexibility index (Phi) is 24.2. The second kappa shape index (κ2) is 24.6. The van der Waals surface area contributed by atoms with E-state index in [2.05, 4.69) is 0 Å². The smallest absolute Gasteiger partial charge is 0.315 e. The lowest BCUT2D eigenvalue weighted by Gasteiger charge is -2.08. The molecule has 0 amide bonds. The highest BCUT2D eigenvalue weighted by atomic mass is 32.2. The first-order valence-electron chi connectivity index (χ1n) is 9.41. The average Bonchev–Trinajstić information content (AvgIpc) is 2.69. The van der Waals surface area contributed by atoms with Crippen LogP contribution >= 0.6 is 11.8 Å². The largest absolute Gasteiger partial charge is 0.463 e. The van der Waals surface area contributed by atoms with Gasteiger partial charge >= 0.3 is 5.97 Å². The van der Waals surface area contributed by atoms with Gasteiger partial charge in [-0.1, -0.05) is 0 Å². The van der Waals surface area contributed by atoms with E-state index in [0.29, 0.717) is 91.6 Å². The normalized spacial score (nSPS) is 11.1. The molecule has 0 radical (unpaired) electrons. The molecular weight excluding hydrogens is 392 g/mol. The number of thioether (sulfide) groups is 1. The van der Waals surface area contributed by atoms with Crippen molar-refractivity contribution >= 4 is 17.7 Å². The molecule has 0 fully saturated rings. The summed E-state index contributed by atoms with van der Waals surface area (Å²) in [6.07, 6.45) is 1.85. The number of carbonyl (C=O) groups is 1. The van der Waals surface area contributed by atoms with E-state index >= 15 is 0 Å². The van der Waals surface area contributed by atoms with Gasteiger partial charge in [-0.15, -0.1) is 0 Å². The molecule has 0 saturated carbocycles. The van der Waals surface area contributed by atoms with Crippen LogP contribution in [0.4, 0.5) is 0 Å². The van der Waals surface area contributed by atoms with Crippen molar-refractivity contribution in [3.8, 4) is 0 Å². The molecule has 0 aliphatic heterocycles. The molecule has 0 N–H and O–H groups in total. The number of methoxy groups -OCH3 is 1. The van der Waals surface area contributed by atoms with E-state index in [9.17, 15) is 4.79 Å². The second-order valence-corrected chi connectivity index (χ2v) is 6.19. The Hall–Kier alpha value is -0.460. The highest BCUT2D eigenvalue weighted by Gasteiger charge is 2.00. The topological polar surface area (TPSA) is 90.9 Å². The zero-order valence-electron chi connectivity index (χ0n) is 17.2. The van der Waals surface area contributed by atoms with Crippen LogP contribution < -0.4 is 0 Å². The molecule has 9 nitrogen and oxygen atoms in total. The predicted molar refractivity (Wildman–Crippen MR) is 106 cm³/mol. The third kappa shape index (κ3) is 23.6. The lowest BCUT2D eigenvalue weighted by Crippen LogP contribution is -2.15. The molecule has 0 aromatic rings. The van der Waals surface area contributed by atoms with Gasteiger partial charge in [0.05, 0.1) is 91.6 Å². The summed E-state index contributed by atoms with van der Waals surface area (Å²) in [5.74, 6) is 0.150. The van der Waals surface area contributed by atoms with Gasteiger partial charge in [0.25, 0.3) is 0 Å². The van der Waals surface area contributed by atoms with Crippen molar-refractivity contribution in [3.05, 3.63) is 0 Å². The zero-order chi connectivity index (χ0) is 20.5. The van der Waals surface area contributed by atoms with Crippen LogP contribution in [-0.4, -0.2) is 118 Å². The van der Waals surface area contributed by atoms with Gasteiger partial charge in [0.1, 0.15) is 6.61 Å². The van der Waals surface area contributed by atoms with Crippen molar-refractivity contribution in [1.29, 1.82) is 0 Å². The first kappa shape index (κ1) is 27.5. The quantitative estimate of drug-likeness (QED) is 0.171. The molecule has 168 valence electrons. The SMILES string of the molecule is COCCOCCOCCOCCOCCOCCOCCOC(=O)CSC. The highest BCUT2D eigenvalue weighted by molar-refractivity contribution is 7.99. The van der Waals surface area contributed by atoms with Crippen LogP contribution in [0.5, 0.6) is 0 Å². The highest BCUT2D eigenvalue weighted by Crippen LogP contribution is 1.93. The van der Waals surface area contributed by atoms with Gasteiger partial charge in [-0.3, -0.25) is 4.79 Å². The third-order valence-corrected chi connectivity index (χ3v) is 3.57. The van der Waals surface area contributed by atoms with Crippen LogP contribution in [0.2, 0.25) is 0 Å². The van der Waals surface area contributed by atoms with Gasteiger partial charge in [-0.05, 0) is 6.26 Å². The minimum absolute atomic E-state index is 0.218. The molecule has 10 heteroatoms. The first-order valence-corrected chi connectivity index (χ1v) is 10.8. The Bertz CT molecular complexity index is 321. The van der Waals surface area contributed by atoms with E-state index in [1.165, 1.54) is 11.8 Å². The lowest BCUT2D eigenvalue weighted by molar-refractivity contribution is -0.142. The summed E-state index contributed by atoms with van der Waals surface area (Å²) in [7, 11) is 1.64. The van der Waals surface area contributed by atoms with Gasteiger partial charge in [0.2, 0.25) is 0 Å². The van der Waals surface area contributed by atoms with Crippen LogP contribution in [0.3, 0.4) is 0 Å². The van der Waals surface area contributed by atoms with E-state index in [1.54, 1.807) is 7.11 Å². The summed E-state index contributed by atoms with van der Waals surface area (Å²) in [6, 6.07) is 0. The van der Waals surface area contributed by atoms with Crippen molar-refractivity contribution in [1.82, 2.24) is 0 Å². The van der Waals surface area contributed by atoms with Crippen LogP contribution in [0, 0.1) is 0 Å². The Balaban J connectivity index is 3.02. The van der Waals surface area contributed by atoms with Gasteiger partial charge in [-0.2, -0.15) is 11.8 Å². The predicted octanol–water partition coefficient (Wildman–Crippen LogP) is 0.639. The lowest BCUT2D eigenvalue weighted by atomic mass is 10.6. The fraction of sp³-hybridized carbons (Fsp3) is 0.944. The van der Waals surface area contributed by atoms with E-state index in [-0.39, 0.29) is 12.6 Å². The molecular formula is C18H36O9S. The molecule has 0 aromatic heterocycles.